The number of rotatable bonds is 15. The molecule has 61 heavy (non-hydrogen) atoms. The van der Waals surface area contributed by atoms with Crippen LogP contribution in [0.1, 0.15) is 61.4 Å². The van der Waals surface area contributed by atoms with Crippen molar-refractivity contribution in [1.82, 2.24) is 20.4 Å². The van der Waals surface area contributed by atoms with Crippen LogP contribution in [-0.4, -0.2) is 117 Å². The SMILES string of the molecule is COC(=O)N[C@H]1CCC[C@@H]1C(CN1CCC1)(c1cccc(F)c1)C1CCN(CC2(C)CN(c3ccc(S(=O)(=O)c4cccc(C(=O)NC/C=C/S(C)(=O)=O)c4)cc3F)C2)CC1. The molecule has 0 spiro atoms. The summed E-state index contributed by atoms with van der Waals surface area (Å²) in [5, 5.41) is 6.65. The van der Waals surface area contributed by atoms with Gasteiger partial charge >= 0.3 is 6.09 Å². The second-order valence-electron chi connectivity index (χ2n) is 17.7. The zero-order valence-electron chi connectivity index (χ0n) is 35.1. The summed E-state index contributed by atoms with van der Waals surface area (Å²) < 4.78 is 85.6. The number of alkyl carbamates (subject to hydrolysis) is 1. The molecule has 0 radical (unpaired) electrons. The summed E-state index contributed by atoms with van der Waals surface area (Å²) in [6.45, 7) is 8.70. The Hall–Kier alpha value is -4.38. The van der Waals surface area contributed by atoms with Crippen LogP contribution in [0, 0.1) is 28.9 Å². The minimum atomic E-state index is -4.17. The van der Waals surface area contributed by atoms with Gasteiger partial charge in [0.2, 0.25) is 9.84 Å². The van der Waals surface area contributed by atoms with Crippen LogP contribution in [0.4, 0.5) is 19.3 Å². The number of hydrogen-bond donors (Lipinski definition) is 2. The Balaban J connectivity index is 1.000. The van der Waals surface area contributed by atoms with E-state index >= 15 is 8.78 Å². The summed E-state index contributed by atoms with van der Waals surface area (Å²) in [4.78, 5) is 31.7. The Kier molecular flexibility index (Phi) is 13.3. The Labute approximate surface area is 358 Å². The van der Waals surface area contributed by atoms with E-state index in [4.69, 9.17) is 4.74 Å². The number of sulfone groups is 2. The van der Waals surface area contributed by atoms with Gasteiger partial charge in [0.05, 0.1) is 22.6 Å². The Morgan fingerprint density at radius 3 is 2.26 bits per heavy atom. The highest BCUT2D eigenvalue weighted by Gasteiger charge is 2.53. The van der Waals surface area contributed by atoms with Crippen LogP contribution in [0.25, 0.3) is 0 Å². The van der Waals surface area contributed by atoms with Crippen LogP contribution in [0.5, 0.6) is 0 Å². The maximum atomic E-state index is 15.7. The van der Waals surface area contributed by atoms with Crippen LogP contribution < -0.4 is 15.5 Å². The molecule has 3 aromatic carbocycles. The van der Waals surface area contributed by atoms with Crippen molar-refractivity contribution in [2.45, 2.75) is 66.7 Å². The van der Waals surface area contributed by atoms with E-state index in [1.165, 1.54) is 55.7 Å². The summed E-state index contributed by atoms with van der Waals surface area (Å²) in [5.74, 6) is -1.10. The maximum absolute atomic E-state index is 15.7. The number of carbonyl (C=O) groups excluding carboxylic acids is 2. The van der Waals surface area contributed by atoms with Gasteiger partial charge in [-0.25, -0.2) is 30.4 Å². The molecule has 1 aliphatic carbocycles. The van der Waals surface area contributed by atoms with Gasteiger partial charge < -0.3 is 30.1 Å². The van der Waals surface area contributed by atoms with E-state index in [9.17, 15) is 26.4 Å². The average Bonchev–Trinajstić information content (AvgIpc) is 3.66. The molecule has 1 saturated carbocycles. The van der Waals surface area contributed by atoms with E-state index in [1.807, 2.05) is 11.0 Å². The molecule has 330 valence electrons. The minimum Gasteiger partial charge on any atom is -0.453 e. The Morgan fingerprint density at radius 1 is 0.885 bits per heavy atom. The molecule has 2 N–H and O–H groups in total. The van der Waals surface area contributed by atoms with Crippen molar-refractivity contribution >= 4 is 37.4 Å². The van der Waals surface area contributed by atoms with Gasteiger partial charge in [-0.1, -0.05) is 37.6 Å². The first-order valence-corrected chi connectivity index (χ1v) is 24.5. The van der Waals surface area contributed by atoms with E-state index in [2.05, 4.69) is 33.4 Å². The number of anilines is 1. The normalized spacial score (nSPS) is 22.3. The number of amides is 2. The van der Waals surface area contributed by atoms with Gasteiger partial charge in [0.1, 0.15) is 11.6 Å². The number of methoxy groups -OCH3 is 1. The molecule has 2 amide bonds. The smallest absolute Gasteiger partial charge is 0.407 e. The summed E-state index contributed by atoms with van der Waals surface area (Å²) in [6, 6.07) is 16.4. The summed E-state index contributed by atoms with van der Waals surface area (Å²) in [6.07, 6.45) is 7.64. The molecule has 7 rings (SSSR count). The quantitative estimate of drug-likeness (QED) is 0.193. The summed E-state index contributed by atoms with van der Waals surface area (Å²) in [7, 11) is -6.14. The van der Waals surface area contributed by atoms with Crippen molar-refractivity contribution < 1.29 is 39.9 Å². The largest absolute Gasteiger partial charge is 0.453 e. The van der Waals surface area contributed by atoms with Gasteiger partial charge in [0.15, 0.2) is 9.84 Å². The van der Waals surface area contributed by atoms with Gasteiger partial charge in [0, 0.05) is 66.8 Å². The zero-order chi connectivity index (χ0) is 43.6. The van der Waals surface area contributed by atoms with E-state index in [-0.39, 0.29) is 56.4 Å². The fourth-order valence-corrected chi connectivity index (χ4v) is 12.1. The molecular weight excluding hydrogens is 825 g/mol. The lowest BCUT2D eigenvalue weighted by atomic mass is 9.57. The van der Waals surface area contributed by atoms with Crippen LogP contribution in [-0.2, 0) is 29.8 Å². The van der Waals surface area contributed by atoms with Gasteiger partial charge in [-0.3, -0.25) is 4.79 Å². The topological polar surface area (TPSA) is 145 Å². The molecule has 3 saturated heterocycles. The molecule has 1 unspecified atom stereocenters. The molecule has 4 aliphatic rings. The molecule has 12 nitrogen and oxygen atoms in total. The first-order valence-electron chi connectivity index (χ1n) is 21.1. The van der Waals surface area contributed by atoms with E-state index in [1.54, 1.807) is 6.07 Å². The predicted molar refractivity (Wildman–Crippen MR) is 230 cm³/mol. The highest BCUT2D eigenvalue weighted by molar-refractivity contribution is 7.93. The third kappa shape index (κ3) is 9.97. The highest BCUT2D eigenvalue weighted by atomic mass is 32.2. The Morgan fingerprint density at radius 2 is 1.61 bits per heavy atom. The molecule has 3 heterocycles. The lowest BCUT2D eigenvalue weighted by molar-refractivity contribution is 0.0159. The van der Waals surface area contributed by atoms with Crippen molar-refractivity contribution in [3.63, 3.8) is 0 Å². The fraction of sp³-hybridized carbons (Fsp3) is 0.511. The summed E-state index contributed by atoms with van der Waals surface area (Å²) in [5.41, 5.74) is 0.914. The number of piperidine rings is 1. The lowest BCUT2D eigenvalue weighted by Gasteiger charge is -2.55. The number of ether oxygens (including phenoxy) is 1. The van der Waals surface area contributed by atoms with Crippen LogP contribution >= 0.6 is 0 Å². The van der Waals surface area contributed by atoms with Crippen molar-refractivity contribution in [3.8, 4) is 0 Å². The van der Waals surface area contributed by atoms with Crippen LogP contribution in [0.3, 0.4) is 0 Å². The number of nitrogens with zero attached hydrogens (tertiary/aromatic N) is 3. The highest BCUT2D eigenvalue weighted by Crippen LogP contribution is 2.52. The van der Waals surface area contributed by atoms with Crippen LogP contribution in [0.15, 0.2) is 88.0 Å². The zero-order valence-corrected chi connectivity index (χ0v) is 36.7. The number of nitrogens with one attached hydrogen (secondary N) is 2. The van der Waals surface area contributed by atoms with Crippen molar-refractivity contribution in [2.24, 2.45) is 17.3 Å². The van der Waals surface area contributed by atoms with Crippen LogP contribution in [0.2, 0.25) is 0 Å². The predicted octanol–water partition coefficient (Wildman–Crippen LogP) is 5.79. The van der Waals surface area contributed by atoms with Gasteiger partial charge in [-0.2, -0.15) is 0 Å². The van der Waals surface area contributed by atoms with Crippen molar-refractivity contribution in [1.29, 1.82) is 0 Å². The average molecular weight is 882 g/mol. The van der Waals surface area contributed by atoms with E-state index < -0.39 is 37.5 Å². The molecule has 3 aliphatic heterocycles. The number of carbonyl (C=O) groups is 2. The monoisotopic (exact) mass is 881 g/mol. The van der Waals surface area contributed by atoms with Gasteiger partial charge in [-0.15, -0.1) is 0 Å². The molecular formula is C45H57F2N5O7S2. The van der Waals surface area contributed by atoms with Crippen molar-refractivity contribution in [2.75, 3.05) is 77.2 Å². The second kappa shape index (κ2) is 18.1. The third-order valence-corrected chi connectivity index (χ3v) is 15.7. The first kappa shape index (κ1) is 44.7. The molecule has 3 atom stereocenters. The molecule has 0 aromatic heterocycles. The number of halogens is 2. The number of benzene rings is 3. The number of likely N-dealkylation sites (tertiary alicyclic amines) is 2. The van der Waals surface area contributed by atoms with Crippen molar-refractivity contribution in [3.05, 3.63) is 101 Å². The second-order valence-corrected chi connectivity index (χ2v) is 21.6. The fourth-order valence-electron chi connectivity index (χ4n) is 10.4. The first-order chi connectivity index (χ1) is 29.0. The minimum absolute atomic E-state index is 0.0583. The van der Waals surface area contributed by atoms with Gasteiger partial charge in [-0.05, 0) is 124 Å². The lowest BCUT2D eigenvalue weighted by Crippen LogP contribution is -2.62. The third-order valence-electron chi connectivity index (χ3n) is 13.2. The summed E-state index contributed by atoms with van der Waals surface area (Å²) >= 11 is 0. The molecule has 16 heteroatoms. The van der Waals surface area contributed by atoms with Gasteiger partial charge in [0.25, 0.3) is 5.91 Å². The molecule has 0 bridgehead atoms. The number of hydrogen-bond acceptors (Lipinski definition) is 10. The maximum Gasteiger partial charge on any atom is 0.407 e. The van der Waals surface area contributed by atoms with E-state index in [0.717, 1.165) is 101 Å². The molecule has 3 aromatic rings. The van der Waals surface area contributed by atoms with E-state index in [0.29, 0.717) is 18.8 Å². The standard InChI is InChI=1S/C45H57F2N5O7S2/c1-44(29-52(30-44)41-16-15-37(27-39(41)47)61(57,58)36-12-4-9-32(25-36)42(53)48-19-7-24-60(3,55)56)28-51-22-17-33(18-23-51)45(31-50-20-8-21-50,34-10-5-11-35(46)26-34)38-13-6-14-40(38)49-43(54)59-2/h4-5,7,9-12,15-16,24-27,33,38,40H,6,8,13-14,17-23,28-31H2,1-3H3,(H,48,53)(H,49,54)/b24-7+/t38-,40-,45?/m0/s1. The molecule has 4 fully saturated rings. The Bertz CT molecular complexity index is 2350.